The van der Waals surface area contributed by atoms with Crippen molar-refractivity contribution in [3.63, 3.8) is 0 Å². The van der Waals surface area contributed by atoms with E-state index in [4.69, 9.17) is 0 Å². The summed E-state index contributed by atoms with van der Waals surface area (Å²) in [5.74, 6) is -0.673. The van der Waals surface area contributed by atoms with Crippen LogP contribution in [0.3, 0.4) is 0 Å². The van der Waals surface area contributed by atoms with Crippen molar-refractivity contribution in [1.82, 2.24) is 9.62 Å². The van der Waals surface area contributed by atoms with E-state index in [0.29, 0.717) is 13.1 Å². The molecule has 1 aromatic rings. The molecule has 1 aliphatic heterocycles. The molecule has 0 saturated carbocycles. The van der Waals surface area contributed by atoms with Crippen molar-refractivity contribution in [3.05, 3.63) is 29.6 Å². The quantitative estimate of drug-likeness (QED) is 0.908. The highest BCUT2D eigenvalue weighted by molar-refractivity contribution is 7.89. The van der Waals surface area contributed by atoms with E-state index in [1.807, 2.05) is 13.8 Å². The fourth-order valence-electron chi connectivity index (χ4n) is 2.68. The maximum Gasteiger partial charge on any atom is 0.246 e. The van der Waals surface area contributed by atoms with E-state index >= 15 is 0 Å². The highest BCUT2D eigenvalue weighted by Gasteiger charge is 2.32. The molecule has 0 aliphatic carbocycles. The summed E-state index contributed by atoms with van der Waals surface area (Å²) in [5, 5.41) is 3.12. The molecular weight excluding hydrogens is 291 g/mol. The Morgan fingerprint density at radius 1 is 1.38 bits per heavy atom. The van der Waals surface area contributed by atoms with Crippen molar-refractivity contribution in [1.29, 1.82) is 0 Å². The third kappa shape index (κ3) is 3.62. The minimum atomic E-state index is -3.76. The molecule has 0 bridgehead atoms. The first kappa shape index (κ1) is 16.4. The lowest BCUT2D eigenvalue weighted by Gasteiger charge is -2.32. The molecule has 2 rings (SSSR count). The molecular formula is C15H23FN2O2S. The number of nitrogens with zero attached hydrogens (tertiary/aromatic N) is 1. The minimum Gasteiger partial charge on any atom is -0.313 e. The van der Waals surface area contributed by atoms with Crippen molar-refractivity contribution in [2.24, 2.45) is 0 Å². The van der Waals surface area contributed by atoms with Crippen LogP contribution in [0.15, 0.2) is 23.1 Å². The van der Waals surface area contributed by atoms with Crippen molar-refractivity contribution in [2.45, 2.75) is 50.6 Å². The average molecular weight is 314 g/mol. The third-order valence-electron chi connectivity index (χ3n) is 3.90. The van der Waals surface area contributed by atoms with E-state index in [1.54, 1.807) is 6.07 Å². The highest BCUT2D eigenvalue weighted by Crippen LogP contribution is 2.27. The molecule has 0 aromatic heterocycles. The van der Waals surface area contributed by atoms with Crippen LogP contribution >= 0.6 is 0 Å². The monoisotopic (exact) mass is 314 g/mol. The number of hydrogen-bond donors (Lipinski definition) is 1. The maximum absolute atomic E-state index is 14.0. The summed E-state index contributed by atoms with van der Waals surface area (Å²) < 4.78 is 40.9. The standard InChI is InChI=1S/C15H23FN2O2S/c1-3-17-11-13-7-8-14(16)15(10-13)21(19,20)18-9-5-4-6-12(18)2/h7-8,10,12,17H,3-6,9,11H2,1-2H3. The van der Waals surface area contributed by atoms with Crippen LogP contribution in [-0.2, 0) is 16.6 Å². The zero-order valence-corrected chi connectivity index (χ0v) is 13.4. The average Bonchev–Trinajstić information content (AvgIpc) is 2.46. The Morgan fingerprint density at radius 2 is 2.14 bits per heavy atom. The summed E-state index contributed by atoms with van der Waals surface area (Å²) in [6.07, 6.45) is 2.69. The van der Waals surface area contributed by atoms with Gasteiger partial charge in [-0.1, -0.05) is 19.4 Å². The van der Waals surface area contributed by atoms with Crippen LogP contribution in [0, 0.1) is 5.82 Å². The Labute approximate surface area is 126 Å². The molecule has 21 heavy (non-hydrogen) atoms. The number of halogens is 1. The second-order valence-corrected chi connectivity index (χ2v) is 7.36. The van der Waals surface area contributed by atoms with Gasteiger partial charge in [-0.05, 0) is 44.0 Å². The van der Waals surface area contributed by atoms with Crippen molar-refractivity contribution < 1.29 is 12.8 Å². The van der Waals surface area contributed by atoms with Gasteiger partial charge in [0, 0.05) is 19.1 Å². The van der Waals surface area contributed by atoms with Crippen LogP contribution in [0.25, 0.3) is 0 Å². The van der Waals surface area contributed by atoms with Gasteiger partial charge in [0.15, 0.2) is 0 Å². The van der Waals surface area contributed by atoms with Crippen LogP contribution in [0.1, 0.15) is 38.7 Å². The van der Waals surface area contributed by atoms with Crippen molar-refractivity contribution in [3.8, 4) is 0 Å². The molecule has 1 aromatic carbocycles. The van der Waals surface area contributed by atoms with Crippen molar-refractivity contribution >= 4 is 10.0 Å². The summed E-state index contributed by atoms with van der Waals surface area (Å²) in [6.45, 7) is 5.64. The molecule has 118 valence electrons. The second kappa shape index (κ2) is 6.85. The number of sulfonamides is 1. The van der Waals surface area contributed by atoms with E-state index in [-0.39, 0.29) is 10.9 Å². The first-order valence-electron chi connectivity index (χ1n) is 7.47. The van der Waals surface area contributed by atoms with Gasteiger partial charge in [-0.2, -0.15) is 4.31 Å². The lowest BCUT2D eigenvalue weighted by atomic mass is 10.1. The molecule has 1 unspecified atom stereocenters. The highest BCUT2D eigenvalue weighted by atomic mass is 32.2. The summed E-state index contributed by atoms with van der Waals surface area (Å²) in [7, 11) is -3.76. The SMILES string of the molecule is CCNCc1ccc(F)c(S(=O)(=O)N2CCCCC2C)c1. The van der Waals surface area contributed by atoms with Gasteiger partial charge in [-0.3, -0.25) is 0 Å². The first-order chi connectivity index (χ1) is 9.96. The summed E-state index contributed by atoms with van der Waals surface area (Å²) in [5.41, 5.74) is 0.779. The van der Waals surface area contributed by atoms with Gasteiger partial charge in [0.25, 0.3) is 0 Å². The molecule has 1 atom stereocenters. The van der Waals surface area contributed by atoms with E-state index in [9.17, 15) is 12.8 Å². The van der Waals surface area contributed by atoms with E-state index < -0.39 is 15.8 Å². The Kier molecular flexibility index (Phi) is 5.35. The molecule has 0 amide bonds. The van der Waals surface area contributed by atoms with E-state index in [2.05, 4.69) is 5.32 Å². The largest absolute Gasteiger partial charge is 0.313 e. The Hall–Kier alpha value is -0.980. The molecule has 6 heteroatoms. The van der Waals surface area contributed by atoms with Gasteiger partial charge in [0.1, 0.15) is 10.7 Å². The molecule has 1 heterocycles. The zero-order chi connectivity index (χ0) is 15.5. The molecule has 1 saturated heterocycles. The van der Waals surface area contributed by atoms with Gasteiger partial charge in [-0.25, -0.2) is 12.8 Å². The molecule has 1 fully saturated rings. The smallest absolute Gasteiger partial charge is 0.246 e. The van der Waals surface area contributed by atoms with Gasteiger partial charge < -0.3 is 5.32 Å². The molecule has 1 aliphatic rings. The van der Waals surface area contributed by atoms with Gasteiger partial charge >= 0.3 is 0 Å². The van der Waals surface area contributed by atoms with Crippen LogP contribution in [-0.4, -0.2) is 31.9 Å². The second-order valence-electron chi connectivity index (χ2n) is 5.51. The van der Waals surface area contributed by atoms with Crippen LogP contribution in [0.5, 0.6) is 0 Å². The Balaban J connectivity index is 2.34. The Morgan fingerprint density at radius 3 is 2.81 bits per heavy atom. The van der Waals surface area contributed by atoms with Gasteiger partial charge in [-0.15, -0.1) is 0 Å². The van der Waals surface area contributed by atoms with E-state index in [1.165, 1.54) is 16.4 Å². The summed E-state index contributed by atoms with van der Waals surface area (Å²) in [6, 6.07) is 4.25. The van der Waals surface area contributed by atoms with Gasteiger partial charge in [0.2, 0.25) is 10.0 Å². The van der Waals surface area contributed by atoms with E-state index in [0.717, 1.165) is 31.4 Å². The third-order valence-corrected chi connectivity index (χ3v) is 5.93. The molecule has 1 N–H and O–H groups in total. The predicted molar refractivity (Wildman–Crippen MR) is 81.0 cm³/mol. The fourth-order valence-corrected chi connectivity index (χ4v) is 4.50. The van der Waals surface area contributed by atoms with Gasteiger partial charge in [0.05, 0.1) is 0 Å². The number of rotatable bonds is 5. The number of piperidine rings is 1. The number of nitrogens with one attached hydrogen (secondary N) is 1. The van der Waals surface area contributed by atoms with Crippen LogP contribution < -0.4 is 5.32 Å². The maximum atomic E-state index is 14.0. The van der Waals surface area contributed by atoms with Crippen molar-refractivity contribution in [2.75, 3.05) is 13.1 Å². The van der Waals surface area contributed by atoms with Crippen LogP contribution in [0.2, 0.25) is 0 Å². The zero-order valence-electron chi connectivity index (χ0n) is 12.6. The number of benzene rings is 1. The topological polar surface area (TPSA) is 49.4 Å². The minimum absolute atomic E-state index is 0.0689. The Bertz CT molecular complexity index is 589. The fraction of sp³-hybridized carbons (Fsp3) is 0.600. The number of hydrogen-bond acceptors (Lipinski definition) is 3. The molecule has 4 nitrogen and oxygen atoms in total. The first-order valence-corrected chi connectivity index (χ1v) is 8.91. The molecule has 0 spiro atoms. The lowest BCUT2D eigenvalue weighted by molar-refractivity contribution is 0.268. The normalized spacial score (nSPS) is 20.6. The lowest BCUT2D eigenvalue weighted by Crippen LogP contribution is -2.42. The summed E-state index contributed by atoms with van der Waals surface area (Å²) in [4.78, 5) is -0.202. The van der Waals surface area contributed by atoms with Crippen LogP contribution in [0.4, 0.5) is 4.39 Å². The molecule has 0 radical (unpaired) electrons. The summed E-state index contributed by atoms with van der Waals surface area (Å²) >= 11 is 0. The predicted octanol–water partition coefficient (Wildman–Crippen LogP) is 2.50.